The molecule has 0 spiro atoms. The number of hydrogen-bond donors (Lipinski definition) is 1. The van der Waals surface area contributed by atoms with Crippen LogP contribution >= 0.6 is 0 Å². The number of sulfonamides is 1. The van der Waals surface area contributed by atoms with Crippen LogP contribution in [0.2, 0.25) is 0 Å². The SMILES string of the molecule is Cc1ccc2[nH]cc(C3CCN(S(=O)(=O)c4cccc(OC(F)(F)F)c4)CC3)c2c1. The van der Waals surface area contributed by atoms with E-state index in [4.69, 9.17) is 0 Å². The van der Waals surface area contributed by atoms with E-state index >= 15 is 0 Å². The van der Waals surface area contributed by atoms with E-state index in [1.54, 1.807) is 0 Å². The molecule has 0 unspecified atom stereocenters. The molecule has 0 amide bonds. The van der Waals surface area contributed by atoms with Crippen LogP contribution in [0.25, 0.3) is 10.9 Å². The molecule has 3 aromatic rings. The Hall–Kier alpha value is -2.52. The van der Waals surface area contributed by atoms with E-state index in [9.17, 15) is 21.6 Å². The van der Waals surface area contributed by atoms with E-state index in [1.165, 1.54) is 22.0 Å². The van der Waals surface area contributed by atoms with Gasteiger partial charge in [-0.1, -0.05) is 17.7 Å². The van der Waals surface area contributed by atoms with Crippen LogP contribution in [0.3, 0.4) is 0 Å². The van der Waals surface area contributed by atoms with Gasteiger partial charge in [0.1, 0.15) is 5.75 Å². The highest BCUT2D eigenvalue weighted by Crippen LogP contribution is 2.35. The molecule has 1 saturated heterocycles. The molecule has 2 heterocycles. The highest BCUT2D eigenvalue weighted by Gasteiger charge is 2.33. The normalized spacial score (nSPS) is 16.8. The topological polar surface area (TPSA) is 62.4 Å². The first-order valence-electron chi connectivity index (χ1n) is 9.57. The highest BCUT2D eigenvalue weighted by atomic mass is 32.2. The molecule has 1 N–H and O–H groups in total. The zero-order chi connectivity index (χ0) is 21.5. The Kier molecular flexibility index (Phi) is 5.27. The summed E-state index contributed by atoms with van der Waals surface area (Å²) in [4.78, 5) is 3.06. The van der Waals surface area contributed by atoms with Crippen molar-refractivity contribution in [3.05, 3.63) is 59.8 Å². The molecule has 30 heavy (non-hydrogen) atoms. The third-order valence-corrected chi connectivity index (χ3v) is 7.33. The van der Waals surface area contributed by atoms with Crippen molar-refractivity contribution in [3.8, 4) is 5.75 Å². The summed E-state index contributed by atoms with van der Waals surface area (Å²) < 4.78 is 68.4. The van der Waals surface area contributed by atoms with Crippen LogP contribution in [0, 0.1) is 6.92 Å². The molecule has 0 aliphatic carbocycles. The van der Waals surface area contributed by atoms with Crippen molar-refractivity contribution >= 4 is 20.9 Å². The van der Waals surface area contributed by atoms with Crippen molar-refractivity contribution in [1.29, 1.82) is 0 Å². The number of halogens is 3. The largest absolute Gasteiger partial charge is 0.573 e. The summed E-state index contributed by atoms with van der Waals surface area (Å²) in [5.74, 6) is -0.334. The van der Waals surface area contributed by atoms with Crippen LogP contribution in [0.5, 0.6) is 5.75 Å². The minimum Gasteiger partial charge on any atom is -0.406 e. The lowest BCUT2D eigenvalue weighted by Crippen LogP contribution is -2.37. The number of fused-ring (bicyclic) bond motifs is 1. The number of aromatic nitrogens is 1. The fraction of sp³-hybridized carbons (Fsp3) is 0.333. The van der Waals surface area contributed by atoms with Crippen LogP contribution in [0.15, 0.2) is 53.6 Å². The Bertz CT molecular complexity index is 1160. The fourth-order valence-corrected chi connectivity index (χ4v) is 5.49. The lowest BCUT2D eigenvalue weighted by Gasteiger charge is -2.31. The maximum Gasteiger partial charge on any atom is 0.573 e. The minimum atomic E-state index is -4.88. The zero-order valence-corrected chi connectivity index (χ0v) is 17.1. The molecule has 0 radical (unpaired) electrons. The second-order valence-electron chi connectivity index (χ2n) is 7.49. The molecule has 1 aromatic heterocycles. The molecule has 0 saturated carbocycles. The zero-order valence-electron chi connectivity index (χ0n) is 16.2. The van der Waals surface area contributed by atoms with Crippen molar-refractivity contribution in [1.82, 2.24) is 9.29 Å². The van der Waals surface area contributed by atoms with Crippen molar-refractivity contribution in [2.75, 3.05) is 13.1 Å². The predicted octanol–water partition coefficient (Wildman–Crippen LogP) is 4.94. The number of ether oxygens (including phenoxy) is 1. The summed E-state index contributed by atoms with van der Waals surface area (Å²) in [5, 5.41) is 1.15. The predicted molar refractivity (Wildman–Crippen MR) is 107 cm³/mol. The number of nitrogens with one attached hydrogen (secondary N) is 1. The van der Waals surface area contributed by atoms with E-state index in [1.807, 2.05) is 25.3 Å². The first-order valence-corrected chi connectivity index (χ1v) is 11.0. The quantitative estimate of drug-likeness (QED) is 0.627. The van der Waals surface area contributed by atoms with Gasteiger partial charge in [0.2, 0.25) is 10.0 Å². The lowest BCUT2D eigenvalue weighted by atomic mass is 9.90. The maximum absolute atomic E-state index is 12.9. The van der Waals surface area contributed by atoms with Gasteiger partial charge in [-0.25, -0.2) is 8.42 Å². The number of H-pyrrole nitrogens is 1. The van der Waals surface area contributed by atoms with Crippen molar-refractivity contribution in [2.24, 2.45) is 0 Å². The van der Waals surface area contributed by atoms with E-state index in [2.05, 4.69) is 15.8 Å². The third kappa shape index (κ3) is 4.17. The molecule has 5 nitrogen and oxygen atoms in total. The van der Waals surface area contributed by atoms with Gasteiger partial charge in [-0.15, -0.1) is 13.2 Å². The second-order valence-corrected chi connectivity index (χ2v) is 9.43. The van der Waals surface area contributed by atoms with Gasteiger partial charge < -0.3 is 9.72 Å². The van der Waals surface area contributed by atoms with E-state index < -0.39 is 22.1 Å². The van der Waals surface area contributed by atoms with Crippen molar-refractivity contribution in [3.63, 3.8) is 0 Å². The first kappa shape index (κ1) is 20.7. The Morgan fingerprint density at radius 1 is 1.10 bits per heavy atom. The molecule has 0 atom stereocenters. The molecule has 1 aliphatic heterocycles. The monoisotopic (exact) mass is 438 g/mol. The van der Waals surface area contributed by atoms with Crippen LogP contribution in [-0.2, 0) is 10.0 Å². The van der Waals surface area contributed by atoms with Crippen LogP contribution in [0.4, 0.5) is 13.2 Å². The van der Waals surface area contributed by atoms with Gasteiger partial charge in [-0.2, -0.15) is 4.31 Å². The van der Waals surface area contributed by atoms with E-state index in [0.29, 0.717) is 25.9 Å². The standard InChI is InChI=1S/C21H21F3N2O3S/c1-14-5-6-20-18(11-14)19(13-25-20)15-7-9-26(10-8-15)30(27,28)17-4-2-3-16(12-17)29-21(22,23)24/h2-6,11-13,15,25H,7-10H2,1H3. The van der Waals surface area contributed by atoms with Crippen LogP contribution in [0.1, 0.15) is 29.9 Å². The Labute approximate surface area is 172 Å². The first-order chi connectivity index (χ1) is 14.1. The van der Waals surface area contributed by atoms with E-state index in [-0.39, 0.29) is 10.8 Å². The maximum atomic E-state index is 12.9. The number of benzene rings is 2. The van der Waals surface area contributed by atoms with Gasteiger partial charge in [0, 0.05) is 36.3 Å². The number of aromatic amines is 1. The summed E-state index contributed by atoms with van der Waals surface area (Å²) in [7, 11) is -3.90. The summed E-state index contributed by atoms with van der Waals surface area (Å²) in [6.07, 6.45) is -1.62. The molecule has 9 heteroatoms. The van der Waals surface area contributed by atoms with Gasteiger partial charge in [0.15, 0.2) is 0 Å². The number of hydrogen-bond acceptors (Lipinski definition) is 3. The Morgan fingerprint density at radius 3 is 2.53 bits per heavy atom. The van der Waals surface area contributed by atoms with Crippen molar-refractivity contribution < 1.29 is 26.3 Å². The van der Waals surface area contributed by atoms with Gasteiger partial charge in [0.05, 0.1) is 4.90 Å². The summed E-state index contributed by atoms with van der Waals surface area (Å²) in [5.41, 5.74) is 3.38. The minimum absolute atomic E-state index is 0.203. The number of piperidine rings is 1. The third-order valence-electron chi connectivity index (χ3n) is 5.44. The molecule has 1 aliphatic rings. The molecule has 160 valence electrons. The van der Waals surface area contributed by atoms with Gasteiger partial charge in [-0.05, 0) is 55.5 Å². The number of nitrogens with zero attached hydrogens (tertiary/aromatic N) is 1. The number of aryl methyl sites for hydroxylation is 1. The van der Waals surface area contributed by atoms with Gasteiger partial charge in [0.25, 0.3) is 0 Å². The number of alkyl halides is 3. The van der Waals surface area contributed by atoms with E-state index in [0.717, 1.165) is 28.6 Å². The molecular weight excluding hydrogens is 417 g/mol. The molecular formula is C21H21F3N2O3S. The lowest BCUT2D eigenvalue weighted by molar-refractivity contribution is -0.274. The Morgan fingerprint density at radius 2 is 1.83 bits per heavy atom. The average Bonchev–Trinajstić information content (AvgIpc) is 3.10. The summed E-state index contributed by atoms with van der Waals surface area (Å²) in [6.45, 7) is 2.63. The Balaban J connectivity index is 1.50. The van der Waals surface area contributed by atoms with Crippen LogP contribution in [-0.4, -0.2) is 37.2 Å². The smallest absolute Gasteiger partial charge is 0.406 e. The number of rotatable bonds is 4. The van der Waals surface area contributed by atoms with Gasteiger partial charge in [-0.3, -0.25) is 0 Å². The van der Waals surface area contributed by atoms with Crippen LogP contribution < -0.4 is 4.74 Å². The molecule has 2 aromatic carbocycles. The average molecular weight is 438 g/mol. The second kappa shape index (κ2) is 7.63. The highest BCUT2D eigenvalue weighted by molar-refractivity contribution is 7.89. The molecule has 0 bridgehead atoms. The van der Waals surface area contributed by atoms with Gasteiger partial charge >= 0.3 is 6.36 Å². The molecule has 1 fully saturated rings. The van der Waals surface area contributed by atoms with Crippen molar-refractivity contribution in [2.45, 2.75) is 36.9 Å². The summed E-state index contributed by atoms with van der Waals surface area (Å²) >= 11 is 0. The summed E-state index contributed by atoms with van der Waals surface area (Å²) in [6, 6.07) is 10.7. The molecule has 4 rings (SSSR count). The fourth-order valence-electron chi connectivity index (χ4n) is 3.98.